The molecule has 1 aromatic rings. The van der Waals surface area contributed by atoms with Gasteiger partial charge in [-0.1, -0.05) is 19.9 Å². The van der Waals surface area contributed by atoms with Gasteiger partial charge in [-0.25, -0.2) is 4.98 Å². The molecule has 0 fully saturated rings. The van der Waals surface area contributed by atoms with Crippen molar-refractivity contribution < 1.29 is 13.2 Å². The van der Waals surface area contributed by atoms with Crippen LogP contribution < -0.4 is 10.6 Å². The second kappa shape index (κ2) is 6.58. The standard InChI is InChI=1S/C13H19F3N4/c1-9(2)8-20(7-6-11(17)18)12-5-3-4-10(19-12)13(14,15)16/h3-5,9H,6-8H2,1-2H3,(H3,17,18). The minimum Gasteiger partial charge on any atom is -0.388 e. The Morgan fingerprint density at radius 2 is 2.05 bits per heavy atom. The Morgan fingerprint density at radius 3 is 2.55 bits per heavy atom. The maximum atomic E-state index is 12.7. The van der Waals surface area contributed by atoms with Gasteiger partial charge in [-0.15, -0.1) is 0 Å². The fourth-order valence-electron chi connectivity index (χ4n) is 1.75. The molecule has 0 radical (unpaired) electrons. The number of rotatable bonds is 6. The lowest BCUT2D eigenvalue weighted by Gasteiger charge is -2.26. The van der Waals surface area contributed by atoms with Gasteiger partial charge in [0.15, 0.2) is 0 Å². The minimum atomic E-state index is -4.46. The summed E-state index contributed by atoms with van der Waals surface area (Å²) < 4.78 is 38.0. The molecule has 1 aromatic heterocycles. The van der Waals surface area contributed by atoms with Gasteiger partial charge in [-0.2, -0.15) is 13.2 Å². The van der Waals surface area contributed by atoms with Gasteiger partial charge in [0.2, 0.25) is 0 Å². The van der Waals surface area contributed by atoms with Gasteiger partial charge in [-0.3, -0.25) is 5.41 Å². The lowest BCUT2D eigenvalue weighted by Crippen LogP contribution is -2.32. The van der Waals surface area contributed by atoms with E-state index in [9.17, 15) is 13.2 Å². The molecule has 0 amide bonds. The van der Waals surface area contributed by atoms with E-state index >= 15 is 0 Å². The first kappa shape index (κ1) is 16.3. The number of nitrogens with one attached hydrogen (secondary N) is 1. The molecule has 0 saturated carbocycles. The summed E-state index contributed by atoms with van der Waals surface area (Å²) in [6.45, 7) is 4.87. The molecule has 0 aliphatic heterocycles. The van der Waals surface area contributed by atoms with E-state index in [-0.39, 0.29) is 17.6 Å². The van der Waals surface area contributed by atoms with Gasteiger partial charge in [-0.05, 0) is 18.1 Å². The topological polar surface area (TPSA) is 66.0 Å². The predicted molar refractivity (Wildman–Crippen MR) is 72.8 cm³/mol. The lowest BCUT2D eigenvalue weighted by atomic mass is 10.2. The van der Waals surface area contributed by atoms with Gasteiger partial charge in [0.05, 0.1) is 5.84 Å². The third kappa shape index (κ3) is 5.07. The Kier molecular flexibility index (Phi) is 5.35. The Balaban J connectivity index is 2.97. The van der Waals surface area contributed by atoms with Crippen molar-refractivity contribution in [2.24, 2.45) is 11.7 Å². The molecule has 0 unspecified atom stereocenters. The maximum Gasteiger partial charge on any atom is 0.433 e. The fraction of sp³-hybridized carbons (Fsp3) is 0.538. The van der Waals surface area contributed by atoms with Crippen LogP contribution in [0.3, 0.4) is 0 Å². The molecule has 0 atom stereocenters. The van der Waals surface area contributed by atoms with Crippen LogP contribution in [-0.4, -0.2) is 23.9 Å². The molecule has 0 aromatic carbocycles. The molecule has 4 nitrogen and oxygen atoms in total. The Hall–Kier alpha value is -1.79. The first-order valence-corrected chi connectivity index (χ1v) is 6.32. The van der Waals surface area contributed by atoms with E-state index in [0.717, 1.165) is 6.07 Å². The number of hydrogen-bond donors (Lipinski definition) is 2. The summed E-state index contributed by atoms with van der Waals surface area (Å²) in [4.78, 5) is 5.39. The van der Waals surface area contributed by atoms with Crippen molar-refractivity contribution in [3.05, 3.63) is 23.9 Å². The number of pyridine rings is 1. The van der Waals surface area contributed by atoms with E-state index in [4.69, 9.17) is 11.1 Å². The highest BCUT2D eigenvalue weighted by Crippen LogP contribution is 2.29. The first-order chi connectivity index (χ1) is 9.20. The summed E-state index contributed by atoms with van der Waals surface area (Å²) in [6, 6.07) is 3.83. The summed E-state index contributed by atoms with van der Waals surface area (Å²) >= 11 is 0. The van der Waals surface area contributed by atoms with E-state index in [1.54, 1.807) is 4.90 Å². The monoisotopic (exact) mass is 288 g/mol. The first-order valence-electron chi connectivity index (χ1n) is 6.32. The largest absolute Gasteiger partial charge is 0.433 e. The molecule has 112 valence electrons. The molecule has 0 saturated heterocycles. The van der Waals surface area contributed by atoms with Crippen LogP contribution in [0.15, 0.2) is 18.2 Å². The molecular weight excluding hydrogens is 269 g/mol. The zero-order valence-corrected chi connectivity index (χ0v) is 11.5. The minimum absolute atomic E-state index is 0.00531. The van der Waals surface area contributed by atoms with Crippen LogP contribution in [-0.2, 0) is 6.18 Å². The van der Waals surface area contributed by atoms with Crippen LogP contribution in [0.25, 0.3) is 0 Å². The van der Waals surface area contributed by atoms with E-state index in [1.807, 2.05) is 13.8 Å². The van der Waals surface area contributed by atoms with Crippen LogP contribution in [0.5, 0.6) is 0 Å². The van der Waals surface area contributed by atoms with Crippen molar-refractivity contribution in [1.82, 2.24) is 4.98 Å². The van der Waals surface area contributed by atoms with Gasteiger partial charge < -0.3 is 10.6 Å². The normalized spacial score (nSPS) is 11.7. The van der Waals surface area contributed by atoms with Crippen molar-refractivity contribution in [1.29, 1.82) is 5.41 Å². The SMILES string of the molecule is CC(C)CN(CCC(=N)N)c1cccc(C(F)(F)F)n1. The second-order valence-electron chi connectivity index (χ2n) is 4.99. The lowest BCUT2D eigenvalue weighted by molar-refractivity contribution is -0.141. The molecule has 20 heavy (non-hydrogen) atoms. The van der Waals surface area contributed by atoms with Gasteiger partial charge in [0, 0.05) is 19.5 Å². The number of hydrogen-bond acceptors (Lipinski definition) is 3. The predicted octanol–water partition coefficient (Wildman–Crippen LogP) is 2.89. The van der Waals surface area contributed by atoms with Gasteiger partial charge >= 0.3 is 6.18 Å². The second-order valence-corrected chi connectivity index (χ2v) is 4.99. The van der Waals surface area contributed by atoms with Crippen molar-refractivity contribution in [3.8, 4) is 0 Å². The third-order valence-corrected chi connectivity index (χ3v) is 2.59. The number of nitrogens with two attached hydrogens (primary N) is 1. The number of anilines is 1. The zero-order chi connectivity index (χ0) is 15.3. The Morgan fingerprint density at radius 1 is 1.40 bits per heavy atom. The van der Waals surface area contributed by atoms with Crippen LogP contribution in [0.4, 0.5) is 19.0 Å². The number of alkyl halides is 3. The molecule has 0 aliphatic carbocycles. The van der Waals surface area contributed by atoms with Gasteiger partial charge in [0.1, 0.15) is 11.5 Å². The van der Waals surface area contributed by atoms with Crippen LogP contribution in [0.1, 0.15) is 26.0 Å². The van der Waals surface area contributed by atoms with Crippen molar-refractivity contribution in [3.63, 3.8) is 0 Å². The highest BCUT2D eigenvalue weighted by Gasteiger charge is 2.32. The van der Waals surface area contributed by atoms with E-state index < -0.39 is 11.9 Å². The number of aromatic nitrogens is 1. The van der Waals surface area contributed by atoms with E-state index in [0.29, 0.717) is 19.5 Å². The van der Waals surface area contributed by atoms with Gasteiger partial charge in [0.25, 0.3) is 0 Å². The smallest absolute Gasteiger partial charge is 0.388 e. The third-order valence-electron chi connectivity index (χ3n) is 2.59. The molecule has 3 N–H and O–H groups in total. The molecule has 1 heterocycles. The zero-order valence-electron chi connectivity index (χ0n) is 11.5. The molecule has 0 aliphatic rings. The number of halogens is 3. The Labute approximate surface area is 116 Å². The number of nitrogens with zero attached hydrogens (tertiary/aromatic N) is 2. The summed E-state index contributed by atoms with van der Waals surface area (Å²) in [6.07, 6.45) is -4.16. The van der Waals surface area contributed by atoms with E-state index in [2.05, 4.69) is 4.98 Å². The average molecular weight is 288 g/mol. The van der Waals surface area contributed by atoms with E-state index in [1.165, 1.54) is 12.1 Å². The average Bonchev–Trinajstić information content (AvgIpc) is 2.33. The highest BCUT2D eigenvalue weighted by atomic mass is 19.4. The van der Waals surface area contributed by atoms with Crippen LogP contribution >= 0.6 is 0 Å². The van der Waals surface area contributed by atoms with Crippen LogP contribution in [0, 0.1) is 11.3 Å². The van der Waals surface area contributed by atoms with Crippen molar-refractivity contribution >= 4 is 11.7 Å². The molecular formula is C13H19F3N4. The summed E-state index contributed by atoms with van der Waals surface area (Å²) in [5.74, 6) is 0.527. The molecule has 0 spiro atoms. The molecule has 1 rings (SSSR count). The molecule has 7 heteroatoms. The number of amidine groups is 1. The summed E-state index contributed by atoms with van der Waals surface area (Å²) in [5.41, 5.74) is 4.39. The van der Waals surface area contributed by atoms with Crippen LogP contribution in [0.2, 0.25) is 0 Å². The fourth-order valence-corrected chi connectivity index (χ4v) is 1.75. The van der Waals surface area contributed by atoms with Crippen molar-refractivity contribution in [2.45, 2.75) is 26.4 Å². The summed E-state index contributed by atoms with van der Waals surface area (Å²) in [7, 11) is 0. The van der Waals surface area contributed by atoms with Crippen molar-refractivity contribution in [2.75, 3.05) is 18.0 Å². The summed E-state index contributed by atoms with van der Waals surface area (Å²) in [5, 5.41) is 7.22. The molecule has 0 bridgehead atoms. The highest BCUT2D eigenvalue weighted by molar-refractivity contribution is 5.77. The maximum absolute atomic E-state index is 12.7. The quantitative estimate of drug-likeness (QED) is 0.625. The Bertz CT molecular complexity index is 457.